The molecule has 1 aliphatic heterocycles. The molecule has 0 bridgehead atoms. The van der Waals surface area contributed by atoms with Crippen molar-refractivity contribution >= 4 is 23.4 Å². The Morgan fingerprint density at radius 2 is 2.25 bits per heavy atom. The number of carbonyl (C=O) groups is 2. The number of carbonyl (C=O) groups excluding carboxylic acids is 2. The molecule has 1 unspecified atom stereocenters. The van der Waals surface area contributed by atoms with E-state index in [1.54, 1.807) is 11.9 Å². The third kappa shape index (κ3) is 3.11. The van der Waals surface area contributed by atoms with Crippen molar-refractivity contribution in [3.05, 3.63) is 0 Å². The zero-order valence-corrected chi connectivity index (χ0v) is 10.8. The van der Waals surface area contributed by atoms with Crippen LogP contribution in [0.5, 0.6) is 0 Å². The lowest BCUT2D eigenvalue weighted by Gasteiger charge is -2.32. The number of rotatable bonds is 3. The van der Waals surface area contributed by atoms with Crippen LogP contribution in [0.1, 0.15) is 26.7 Å². The van der Waals surface area contributed by atoms with E-state index in [0.29, 0.717) is 25.3 Å². The van der Waals surface area contributed by atoms with Crippen LogP contribution in [0.3, 0.4) is 0 Å². The summed E-state index contributed by atoms with van der Waals surface area (Å²) in [6, 6.07) is 0.0534. The molecule has 0 aromatic rings. The average molecular weight is 247 g/mol. The van der Waals surface area contributed by atoms with Crippen molar-refractivity contribution in [3.8, 4) is 0 Å². The first-order valence-electron chi connectivity index (χ1n) is 5.47. The van der Waals surface area contributed by atoms with E-state index in [-0.39, 0.29) is 17.9 Å². The number of likely N-dealkylation sites (tertiary alicyclic amines) is 1. The maximum absolute atomic E-state index is 11.9. The SMILES string of the molecule is CN1CC(NC(=O)C(C)(C)CCl)CCC1=O. The summed E-state index contributed by atoms with van der Waals surface area (Å²) >= 11 is 5.73. The Kier molecular flexibility index (Phi) is 4.19. The van der Waals surface area contributed by atoms with Gasteiger partial charge in [0, 0.05) is 31.9 Å². The van der Waals surface area contributed by atoms with Crippen molar-refractivity contribution in [1.82, 2.24) is 10.2 Å². The molecule has 4 nitrogen and oxygen atoms in total. The van der Waals surface area contributed by atoms with Crippen LogP contribution in [0.15, 0.2) is 0 Å². The molecule has 0 aliphatic carbocycles. The van der Waals surface area contributed by atoms with Gasteiger partial charge >= 0.3 is 0 Å². The average Bonchev–Trinajstić information content (AvgIpc) is 2.23. The van der Waals surface area contributed by atoms with E-state index in [1.165, 1.54) is 0 Å². The van der Waals surface area contributed by atoms with Gasteiger partial charge in [-0.25, -0.2) is 0 Å². The van der Waals surface area contributed by atoms with Crippen LogP contribution in [-0.4, -0.2) is 42.2 Å². The minimum Gasteiger partial charge on any atom is -0.351 e. The lowest BCUT2D eigenvalue weighted by molar-refractivity contribution is -0.135. The topological polar surface area (TPSA) is 49.4 Å². The second kappa shape index (κ2) is 5.04. The Morgan fingerprint density at radius 3 is 2.75 bits per heavy atom. The molecule has 92 valence electrons. The molecule has 1 N–H and O–H groups in total. The maximum Gasteiger partial charge on any atom is 0.227 e. The molecule has 1 fully saturated rings. The van der Waals surface area contributed by atoms with E-state index in [2.05, 4.69) is 5.32 Å². The summed E-state index contributed by atoms with van der Waals surface area (Å²) in [5.74, 6) is 0.387. The molecule has 2 amide bonds. The van der Waals surface area contributed by atoms with E-state index in [1.807, 2.05) is 13.8 Å². The highest BCUT2D eigenvalue weighted by Crippen LogP contribution is 2.18. The van der Waals surface area contributed by atoms with Gasteiger partial charge in [0.15, 0.2) is 0 Å². The zero-order valence-electron chi connectivity index (χ0n) is 10.0. The summed E-state index contributed by atoms with van der Waals surface area (Å²) in [6.45, 7) is 4.21. The fraction of sp³-hybridized carbons (Fsp3) is 0.818. The second-order valence-electron chi connectivity index (χ2n) is 5.00. The highest BCUT2D eigenvalue weighted by Gasteiger charge is 2.30. The monoisotopic (exact) mass is 246 g/mol. The summed E-state index contributed by atoms with van der Waals surface area (Å²) in [4.78, 5) is 24.8. The number of likely N-dealkylation sites (N-methyl/N-ethyl adjacent to an activating group) is 1. The number of nitrogens with zero attached hydrogens (tertiary/aromatic N) is 1. The molecule has 1 aliphatic rings. The summed E-state index contributed by atoms with van der Waals surface area (Å²) in [5, 5.41) is 2.94. The van der Waals surface area contributed by atoms with Crippen LogP contribution in [0.2, 0.25) is 0 Å². The van der Waals surface area contributed by atoms with Crippen molar-refractivity contribution in [2.45, 2.75) is 32.7 Å². The quantitative estimate of drug-likeness (QED) is 0.755. The van der Waals surface area contributed by atoms with Crippen molar-refractivity contribution < 1.29 is 9.59 Å². The third-order valence-corrected chi connectivity index (χ3v) is 3.58. The molecule has 0 aromatic heterocycles. The summed E-state index contributed by atoms with van der Waals surface area (Å²) in [7, 11) is 1.76. The van der Waals surface area contributed by atoms with E-state index in [9.17, 15) is 9.59 Å². The lowest BCUT2D eigenvalue weighted by atomic mass is 9.94. The number of amides is 2. The molecule has 0 aromatic carbocycles. The van der Waals surface area contributed by atoms with Crippen LogP contribution in [0, 0.1) is 5.41 Å². The molecule has 1 saturated heterocycles. The summed E-state index contributed by atoms with van der Waals surface area (Å²) < 4.78 is 0. The van der Waals surface area contributed by atoms with Gasteiger partial charge in [-0.05, 0) is 20.3 Å². The number of piperidine rings is 1. The standard InChI is InChI=1S/C11H19ClN2O2/c1-11(2,7-12)10(16)13-8-4-5-9(15)14(3)6-8/h8H,4-7H2,1-3H3,(H,13,16). The Hall–Kier alpha value is -0.770. The minimum atomic E-state index is -0.554. The van der Waals surface area contributed by atoms with E-state index in [0.717, 1.165) is 0 Å². The highest BCUT2D eigenvalue weighted by atomic mass is 35.5. The van der Waals surface area contributed by atoms with Crippen LogP contribution >= 0.6 is 11.6 Å². The fourth-order valence-corrected chi connectivity index (χ4v) is 1.69. The normalized spacial score (nSPS) is 22.1. The predicted molar refractivity (Wildman–Crippen MR) is 63.3 cm³/mol. The van der Waals surface area contributed by atoms with Gasteiger partial charge in [0.2, 0.25) is 11.8 Å². The van der Waals surface area contributed by atoms with Gasteiger partial charge in [-0.15, -0.1) is 11.6 Å². The zero-order chi connectivity index (χ0) is 12.3. The molecule has 1 atom stereocenters. The van der Waals surface area contributed by atoms with Gasteiger partial charge in [0.25, 0.3) is 0 Å². The van der Waals surface area contributed by atoms with Gasteiger partial charge < -0.3 is 10.2 Å². The number of hydrogen-bond donors (Lipinski definition) is 1. The van der Waals surface area contributed by atoms with Gasteiger partial charge in [-0.3, -0.25) is 9.59 Å². The Labute approximate surface area is 101 Å². The largest absolute Gasteiger partial charge is 0.351 e. The highest BCUT2D eigenvalue weighted by molar-refractivity contribution is 6.19. The molecule has 1 heterocycles. The number of halogens is 1. The molecular weight excluding hydrogens is 228 g/mol. The van der Waals surface area contributed by atoms with E-state index in [4.69, 9.17) is 11.6 Å². The van der Waals surface area contributed by atoms with Gasteiger partial charge in [0.1, 0.15) is 0 Å². The molecule has 0 saturated carbocycles. The Balaban J connectivity index is 2.50. The second-order valence-corrected chi connectivity index (χ2v) is 5.27. The van der Waals surface area contributed by atoms with Crippen molar-refractivity contribution in [2.75, 3.05) is 19.5 Å². The first-order valence-corrected chi connectivity index (χ1v) is 6.01. The van der Waals surface area contributed by atoms with Crippen LogP contribution in [0.25, 0.3) is 0 Å². The van der Waals surface area contributed by atoms with Crippen LogP contribution in [0.4, 0.5) is 0 Å². The third-order valence-electron chi connectivity index (χ3n) is 2.91. The number of alkyl halides is 1. The Bertz CT molecular complexity index is 292. The van der Waals surface area contributed by atoms with Crippen LogP contribution in [-0.2, 0) is 9.59 Å². The van der Waals surface area contributed by atoms with Gasteiger partial charge in [0.05, 0.1) is 5.41 Å². The summed E-state index contributed by atoms with van der Waals surface area (Å²) in [5.41, 5.74) is -0.554. The molecule has 16 heavy (non-hydrogen) atoms. The number of nitrogens with one attached hydrogen (secondary N) is 1. The van der Waals surface area contributed by atoms with Crippen molar-refractivity contribution in [1.29, 1.82) is 0 Å². The number of hydrogen-bond acceptors (Lipinski definition) is 2. The first-order chi connectivity index (χ1) is 7.36. The minimum absolute atomic E-state index is 0.0461. The molecule has 0 spiro atoms. The summed E-state index contributed by atoms with van der Waals surface area (Å²) in [6.07, 6.45) is 1.22. The van der Waals surface area contributed by atoms with E-state index >= 15 is 0 Å². The maximum atomic E-state index is 11.9. The van der Waals surface area contributed by atoms with E-state index < -0.39 is 5.41 Å². The van der Waals surface area contributed by atoms with Crippen LogP contribution < -0.4 is 5.32 Å². The van der Waals surface area contributed by atoms with Crippen molar-refractivity contribution in [2.24, 2.45) is 5.41 Å². The smallest absolute Gasteiger partial charge is 0.227 e. The molecule has 1 rings (SSSR count). The van der Waals surface area contributed by atoms with Gasteiger partial charge in [-0.2, -0.15) is 0 Å². The van der Waals surface area contributed by atoms with Crippen molar-refractivity contribution in [3.63, 3.8) is 0 Å². The van der Waals surface area contributed by atoms with Gasteiger partial charge in [-0.1, -0.05) is 0 Å². The lowest BCUT2D eigenvalue weighted by Crippen LogP contribution is -2.51. The molecule has 5 heteroatoms. The first kappa shape index (κ1) is 13.3. The molecule has 0 radical (unpaired) electrons. The fourth-order valence-electron chi connectivity index (χ4n) is 1.57. The Morgan fingerprint density at radius 1 is 1.62 bits per heavy atom. The molecular formula is C11H19ClN2O2. The predicted octanol–water partition coefficient (Wildman–Crippen LogP) is 0.988.